The van der Waals surface area contributed by atoms with Crippen molar-refractivity contribution in [2.45, 2.75) is 93.4 Å². The Labute approximate surface area is 177 Å². The summed E-state index contributed by atoms with van der Waals surface area (Å²) in [5.74, 6) is 0.748. The normalized spacial score (nSPS) is 13.4. The van der Waals surface area contributed by atoms with Crippen LogP contribution < -0.4 is 12.4 Å². The Morgan fingerprint density at radius 3 is 1.44 bits per heavy atom. The van der Waals surface area contributed by atoms with Crippen molar-refractivity contribution in [1.29, 1.82) is 0 Å². The molecule has 166 valence electrons. The third-order valence-corrected chi connectivity index (χ3v) is 9.07. The summed E-state index contributed by atoms with van der Waals surface area (Å²) in [6.07, 6.45) is 8.59. The van der Waals surface area contributed by atoms with Gasteiger partial charge in [0.1, 0.15) is 0 Å². The lowest BCUT2D eigenvalue weighted by Crippen LogP contribution is -3.00. The highest BCUT2D eigenvalue weighted by atomic mass is 35.5. The number of hydrogen-bond acceptors (Lipinski definition) is 3. The first kappa shape index (κ1) is 29.5. The second kappa shape index (κ2) is 17.2. The van der Waals surface area contributed by atoms with Gasteiger partial charge in [-0.3, -0.25) is 0 Å². The molecule has 0 aromatic rings. The third kappa shape index (κ3) is 9.59. The average Bonchev–Trinajstić information content (AvgIpc) is 2.62. The van der Waals surface area contributed by atoms with Gasteiger partial charge < -0.3 is 29.8 Å². The molecule has 1 unspecified atom stereocenters. The van der Waals surface area contributed by atoms with Gasteiger partial charge in [-0.2, -0.15) is 0 Å². The molecule has 0 radical (unpaired) electrons. The standard InChI is InChI=1S/C21H48NO3Si.ClH/c1-8-14-18-22(19-15-9-2,20-17-21(7)16-10-3)26(23-11-4,24-12-5)25-13-6;/h21H,8-20H2,1-7H3;1H/q+1;/p-1. The molecule has 4 nitrogen and oxygen atoms in total. The van der Waals surface area contributed by atoms with Crippen molar-refractivity contribution in [3.8, 4) is 0 Å². The first-order valence-electron chi connectivity index (χ1n) is 11.3. The summed E-state index contributed by atoms with van der Waals surface area (Å²) in [6.45, 7) is 20.8. The minimum absolute atomic E-state index is 0. The predicted octanol–water partition coefficient (Wildman–Crippen LogP) is 2.78. The van der Waals surface area contributed by atoms with E-state index >= 15 is 0 Å². The third-order valence-electron chi connectivity index (χ3n) is 5.27. The van der Waals surface area contributed by atoms with Crippen molar-refractivity contribution < 1.29 is 29.8 Å². The molecule has 0 heterocycles. The Balaban J connectivity index is 0. The number of unbranched alkanes of at least 4 members (excludes halogenated alkanes) is 2. The van der Waals surface area contributed by atoms with Gasteiger partial charge in [-0.15, -0.1) is 0 Å². The van der Waals surface area contributed by atoms with Crippen molar-refractivity contribution >= 4 is 8.97 Å². The number of rotatable bonds is 18. The van der Waals surface area contributed by atoms with Gasteiger partial charge in [0.2, 0.25) is 0 Å². The second-order valence-corrected chi connectivity index (χ2v) is 10.4. The van der Waals surface area contributed by atoms with Crippen LogP contribution in [0.15, 0.2) is 0 Å². The fourth-order valence-electron chi connectivity index (χ4n) is 3.86. The highest BCUT2D eigenvalue weighted by Crippen LogP contribution is 2.30. The highest BCUT2D eigenvalue weighted by Gasteiger charge is 2.64. The molecule has 0 N–H and O–H groups in total. The maximum atomic E-state index is 6.43. The van der Waals surface area contributed by atoms with Crippen LogP contribution in [-0.4, -0.2) is 52.6 Å². The monoisotopic (exact) mass is 425 g/mol. The largest absolute Gasteiger partial charge is 1.00 e. The molecule has 0 aliphatic heterocycles. The van der Waals surface area contributed by atoms with Crippen LogP contribution >= 0.6 is 0 Å². The van der Waals surface area contributed by atoms with Crippen LogP contribution in [0.5, 0.6) is 0 Å². The number of nitrogens with zero attached hydrogens (tertiary/aromatic N) is 1. The average molecular weight is 426 g/mol. The van der Waals surface area contributed by atoms with E-state index in [-0.39, 0.29) is 12.4 Å². The minimum atomic E-state index is -2.80. The Morgan fingerprint density at radius 2 is 1.11 bits per heavy atom. The molecule has 0 fully saturated rings. The fourth-order valence-corrected chi connectivity index (χ4v) is 7.29. The lowest BCUT2D eigenvalue weighted by molar-refractivity contribution is -0.861. The molecular formula is C21H48ClNO3Si. The second-order valence-electron chi connectivity index (χ2n) is 7.53. The van der Waals surface area contributed by atoms with Gasteiger partial charge in [-0.25, -0.2) is 0 Å². The van der Waals surface area contributed by atoms with Crippen LogP contribution in [0.2, 0.25) is 0 Å². The molecule has 0 aliphatic rings. The van der Waals surface area contributed by atoms with E-state index in [2.05, 4.69) is 48.5 Å². The zero-order valence-electron chi connectivity index (χ0n) is 19.3. The van der Waals surface area contributed by atoms with Gasteiger partial charge in [0.15, 0.2) is 0 Å². The molecule has 6 heteroatoms. The minimum Gasteiger partial charge on any atom is -1.00 e. The molecule has 0 aromatic carbocycles. The summed E-state index contributed by atoms with van der Waals surface area (Å²) in [5.41, 5.74) is 0. The number of hydrogen-bond donors (Lipinski definition) is 0. The summed E-state index contributed by atoms with van der Waals surface area (Å²) in [5, 5.41) is 0. The van der Waals surface area contributed by atoms with E-state index in [0.29, 0.717) is 19.8 Å². The zero-order chi connectivity index (χ0) is 19.9. The van der Waals surface area contributed by atoms with Gasteiger partial charge in [0, 0.05) is 19.8 Å². The van der Waals surface area contributed by atoms with Crippen LogP contribution in [0.25, 0.3) is 0 Å². The summed E-state index contributed by atoms with van der Waals surface area (Å²) in [7, 11) is -2.80. The molecule has 0 aromatic heterocycles. The van der Waals surface area contributed by atoms with E-state index in [1.807, 2.05) is 0 Å². The van der Waals surface area contributed by atoms with E-state index in [9.17, 15) is 0 Å². The van der Waals surface area contributed by atoms with Crippen LogP contribution in [0.4, 0.5) is 0 Å². The van der Waals surface area contributed by atoms with Crippen molar-refractivity contribution in [3.63, 3.8) is 0 Å². The van der Waals surface area contributed by atoms with Gasteiger partial charge in [-0.1, -0.05) is 53.4 Å². The molecule has 0 bridgehead atoms. The Hall–Kier alpha value is 0.347. The topological polar surface area (TPSA) is 27.7 Å². The molecule has 0 spiro atoms. The first-order chi connectivity index (χ1) is 12.5. The summed E-state index contributed by atoms with van der Waals surface area (Å²) >= 11 is 0. The van der Waals surface area contributed by atoms with Gasteiger partial charge in [0.25, 0.3) is 0 Å². The molecule has 1 atom stereocenters. The molecule has 0 amide bonds. The highest BCUT2D eigenvalue weighted by molar-refractivity contribution is 6.52. The Bertz CT molecular complexity index is 310. The van der Waals surface area contributed by atoms with Crippen molar-refractivity contribution in [2.24, 2.45) is 5.92 Å². The van der Waals surface area contributed by atoms with E-state index in [0.717, 1.165) is 29.7 Å². The molecule has 0 rings (SSSR count). The Morgan fingerprint density at radius 1 is 0.667 bits per heavy atom. The van der Waals surface area contributed by atoms with E-state index in [1.54, 1.807) is 0 Å². The van der Waals surface area contributed by atoms with Crippen LogP contribution in [0, 0.1) is 5.92 Å². The quantitative estimate of drug-likeness (QED) is 0.316. The molecular weight excluding hydrogens is 378 g/mol. The Kier molecular flexibility index (Phi) is 18.9. The van der Waals surface area contributed by atoms with Crippen molar-refractivity contribution in [1.82, 2.24) is 0 Å². The number of quaternary nitrogens is 1. The smallest absolute Gasteiger partial charge is 0.784 e. The van der Waals surface area contributed by atoms with Crippen molar-refractivity contribution in [2.75, 3.05) is 39.5 Å². The van der Waals surface area contributed by atoms with Crippen LogP contribution in [0.3, 0.4) is 0 Å². The lowest BCUT2D eigenvalue weighted by atomic mass is 10.0. The van der Waals surface area contributed by atoms with Gasteiger partial charge in [-0.05, 0) is 46.0 Å². The molecule has 0 saturated heterocycles. The van der Waals surface area contributed by atoms with E-state index in [1.165, 1.54) is 44.9 Å². The molecule has 0 saturated carbocycles. The van der Waals surface area contributed by atoms with Gasteiger partial charge in [0.05, 0.1) is 19.6 Å². The number of halogens is 1. The maximum absolute atomic E-state index is 6.43. The van der Waals surface area contributed by atoms with Gasteiger partial charge >= 0.3 is 8.97 Å². The van der Waals surface area contributed by atoms with E-state index < -0.39 is 8.97 Å². The zero-order valence-corrected chi connectivity index (χ0v) is 21.1. The first-order valence-corrected chi connectivity index (χ1v) is 13.0. The molecule has 0 aliphatic carbocycles. The SMILES string of the molecule is CCCC[N+](CCCC)(CCC(C)CCC)[Si](OCC)(OCC)OCC.[Cl-]. The summed E-state index contributed by atoms with van der Waals surface area (Å²) in [6, 6.07) is 0. The molecule has 27 heavy (non-hydrogen) atoms. The van der Waals surface area contributed by atoms with Crippen LogP contribution in [-0.2, 0) is 13.3 Å². The van der Waals surface area contributed by atoms with E-state index in [4.69, 9.17) is 13.3 Å². The maximum Gasteiger partial charge on any atom is 0.784 e. The summed E-state index contributed by atoms with van der Waals surface area (Å²) in [4.78, 5) is 0. The van der Waals surface area contributed by atoms with Crippen molar-refractivity contribution in [3.05, 3.63) is 0 Å². The fraction of sp³-hybridized carbons (Fsp3) is 1.00. The lowest BCUT2D eigenvalue weighted by Gasteiger charge is -2.47. The van der Waals surface area contributed by atoms with Crippen LogP contribution in [0.1, 0.15) is 93.4 Å². The summed E-state index contributed by atoms with van der Waals surface area (Å²) < 4.78 is 20.2. The predicted molar refractivity (Wildman–Crippen MR) is 114 cm³/mol.